The number of H-pyrrole nitrogens is 1. The molecule has 0 fully saturated rings. The number of carbonyl (C=O) groups excluding carboxylic acids is 1. The van der Waals surface area contributed by atoms with Crippen LogP contribution in [-0.2, 0) is 11.2 Å². The number of ether oxygens (including phenoxy) is 1. The second kappa shape index (κ2) is 11.9. The number of imidazole rings is 1. The highest BCUT2D eigenvalue weighted by Gasteiger charge is 2.18. The number of hydrogen-bond acceptors (Lipinski definition) is 3. The molecule has 0 aliphatic heterocycles. The molecule has 5 rings (SSSR count). The Kier molecular flexibility index (Phi) is 7.95. The van der Waals surface area contributed by atoms with Gasteiger partial charge in [-0.3, -0.25) is 4.79 Å². The maximum atomic E-state index is 11.7. The lowest BCUT2D eigenvalue weighted by Crippen LogP contribution is -2.10. The molecule has 0 radical (unpaired) electrons. The van der Waals surface area contributed by atoms with Crippen molar-refractivity contribution in [3.8, 4) is 5.75 Å². The molecule has 1 N–H and O–H groups in total. The van der Waals surface area contributed by atoms with Crippen LogP contribution >= 0.6 is 0 Å². The zero-order valence-electron chi connectivity index (χ0n) is 21.5. The SMILES string of the molecule is CCC(=O)CCCCCC(Oc1ccc2ccccc2c1)c1ncc(Cc2ccc3ccccc3c2)[nH]1. The molecule has 0 bridgehead atoms. The number of aromatic nitrogens is 2. The quantitative estimate of drug-likeness (QED) is 0.179. The first-order valence-electron chi connectivity index (χ1n) is 13.4. The summed E-state index contributed by atoms with van der Waals surface area (Å²) in [6, 6.07) is 29.6. The van der Waals surface area contributed by atoms with Crippen molar-refractivity contribution in [3.05, 3.63) is 108 Å². The van der Waals surface area contributed by atoms with E-state index in [1.54, 1.807) is 0 Å². The Morgan fingerprint density at radius 1 is 0.838 bits per heavy atom. The normalized spacial score (nSPS) is 12.1. The van der Waals surface area contributed by atoms with E-state index >= 15 is 0 Å². The maximum absolute atomic E-state index is 11.7. The second-order valence-electron chi connectivity index (χ2n) is 9.76. The molecular weight excluding hydrogens is 456 g/mol. The van der Waals surface area contributed by atoms with Gasteiger partial charge in [-0.15, -0.1) is 0 Å². The summed E-state index contributed by atoms with van der Waals surface area (Å²) in [5, 5.41) is 4.86. The topological polar surface area (TPSA) is 55.0 Å². The minimum absolute atomic E-state index is 0.173. The number of nitrogens with zero attached hydrogens (tertiary/aromatic N) is 1. The van der Waals surface area contributed by atoms with Crippen molar-refractivity contribution in [1.82, 2.24) is 9.97 Å². The van der Waals surface area contributed by atoms with E-state index in [9.17, 15) is 4.79 Å². The van der Waals surface area contributed by atoms with Gasteiger partial charge in [0.05, 0.1) is 0 Å². The zero-order valence-corrected chi connectivity index (χ0v) is 21.5. The van der Waals surface area contributed by atoms with Crippen LogP contribution in [0.25, 0.3) is 21.5 Å². The molecule has 0 spiro atoms. The largest absolute Gasteiger partial charge is 0.483 e. The molecule has 4 nitrogen and oxygen atoms in total. The average Bonchev–Trinajstić information content (AvgIpc) is 3.40. The van der Waals surface area contributed by atoms with Crippen molar-refractivity contribution in [2.45, 2.75) is 58.0 Å². The Labute approximate surface area is 218 Å². The lowest BCUT2D eigenvalue weighted by Gasteiger charge is -2.18. The van der Waals surface area contributed by atoms with Crippen LogP contribution in [0.3, 0.4) is 0 Å². The first-order valence-corrected chi connectivity index (χ1v) is 13.4. The lowest BCUT2D eigenvalue weighted by atomic mass is 10.0. The van der Waals surface area contributed by atoms with E-state index in [2.05, 4.69) is 77.8 Å². The Bertz CT molecular complexity index is 1490. The van der Waals surface area contributed by atoms with Crippen molar-refractivity contribution in [1.29, 1.82) is 0 Å². The predicted octanol–water partition coefficient (Wildman–Crippen LogP) is 8.36. The van der Waals surface area contributed by atoms with Crippen LogP contribution in [0, 0.1) is 0 Å². The molecule has 0 saturated heterocycles. The number of carbonyl (C=O) groups is 1. The third kappa shape index (κ3) is 6.45. The molecule has 1 atom stereocenters. The number of hydrogen-bond donors (Lipinski definition) is 1. The van der Waals surface area contributed by atoms with Gasteiger partial charge in [0.2, 0.25) is 0 Å². The van der Waals surface area contributed by atoms with Gasteiger partial charge in [0.25, 0.3) is 0 Å². The third-order valence-corrected chi connectivity index (χ3v) is 6.98. The summed E-state index contributed by atoms with van der Waals surface area (Å²) in [7, 11) is 0. The Morgan fingerprint density at radius 2 is 1.54 bits per heavy atom. The maximum Gasteiger partial charge on any atom is 0.156 e. The van der Waals surface area contributed by atoms with E-state index in [-0.39, 0.29) is 6.10 Å². The van der Waals surface area contributed by atoms with Crippen LogP contribution in [-0.4, -0.2) is 15.8 Å². The van der Waals surface area contributed by atoms with Gasteiger partial charge in [-0.05, 0) is 58.5 Å². The fraction of sp³-hybridized carbons (Fsp3) is 0.273. The summed E-state index contributed by atoms with van der Waals surface area (Å²) in [5.41, 5.74) is 2.33. The Hall–Kier alpha value is -3.92. The zero-order chi connectivity index (χ0) is 25.5. The van der Waals surface area contributed by atoms with Gasteiger partial charge in [0.1, 0.15) is 17.4 Å². The van der Waals surface area contributed by atoms with Gasteiger partial charge in [-0.25, -0.2) is 4.98 Å². The van der Waals surface area contributed by atoms with E-state index in [0.717, 1.165) is 54.8 Å². The van der Waals surface area contributed by atoms with Crippen molar-refractivity contribution in [2.75, 3.05) is 0 Å². The van der Waals surface area contributed by atoms with Gasteiger partial charge in [0, 0.05) is 31.2 Å². The van der Waals surface area contributed by atoms with Gasteiger partial charge < -0.3 is 9.72 Å². The molecule has 5 aromatic rings. The Morgan fingerprint density at radius 3 is 2.30 bits per heavy atom. The molecule has 0 saturated carbocycles. The first-order chi connectivity index (χ1) is 18.2. The third-order valence-electron chi connectivity index (χ3n) is 6.98. The first kappa shape index (κ1) is 24.8. The van der Waals surface area contributed by atoms with E-state index in [1.807, 2.05) is 25.3 Å². The van der Waals surface area contributed by atoms with Gasteiger partial charge in [-0.2, -0.15) is 0 Å². The van der Waals surface area contributed by atoms with Crippen molar-refractivity contribution >= 4 is 27.3 Å². The molecule has 1 unspecified atom stereocenters. The van der Waals surface area contributed by atoms with Crippen LogP contribution in [0.15, 0.2) is 91.1 Å². The number of Topliss-reactive ketones (excluding diaryl/α,β-unsaturated/α-hetero) is 1. The van der Waals surface area contributed by atoms with Crippen LogP contribution in [0.2, 0.25) is 0 Å². The van der Waals surface area contributed by atoms with Gasteiger partial charge in [0.15, 0.2) is 6.10 Å². The molecule has 0 amide bonds. The molecule has 1 aromatic heterocycles. The second-order valence-corrected chi connectivity index (χ2v) is 9.76. The molecule has 1 heterocycles. The number of nitrogens with one attached hydrogen (secondary N) is 1. The number of aromatic amines is 1. The van der Waals surface area contributed by atoms with Crippen LogP contribution in [0.1, 0.15) is 68.6 Å². The fourth-order valence-corrected chi connectivity index (χ4v) is 4.86. The van der Waals surface area contributed by atoms with E-state index < -0.39 is 0 Å². The summed E-state index contributed by atoms with van der Waals surface area (Å²) in [6.45, 7) is 1.93. The summed E-state index contributed by atoms with van der Waals surface area (Å²) in [4.78, 5) is 19.9. The van der Waals surface area contributed by atoms with Crippen molar-refractivity contribution < 1.29 is 9.53 Å². The summed E-state index contributed by atoms with van der Waals surface area (Å²) in [5.74, 6) is 2.04. The van der Waals surface area contributed by atoms with Crippen LogP contribution in [0.4, 0.5) is 0 Å². The number of fused-ring (bicyclic) bond motifs is 2. The summed E-state index contributed by atoms with van der Waals surface area (Å²) >= 11 is 0. The summed E-state index contributed by atoms with van der Waals surface area (Å²) < 4.78 is 6.52. The van der Waals surface area contributed by atoms with Crippen molar-refractivity contribution in [2.24, 2.45) is 0 Å². The lowest BCUT2D eigenvalue weighted by molar-refractivity contribution is -0.118. The van der Waals surface area contributed by atoms with Crippen LogP contribution < -0.4 is 4.74 Å². The number of benzene rings is 4. The minimum Gasteiger partial charge on any atom is -0.483 e. The minimum atomic E-state index is -0.173. The molecule has 188 valence electrons. The number of ketones is 1. The van der Waals surface area contributed by atoms with Gasteiger partial charge in [-0.1, -0.05) is 86.1 Å². The molecular formula is C33H34N2O2. The van der Waals surface area contributed by atoms with E-state index in [1.165, 1.54) is 21.7 Å². The predicted molar refractivity (Wildman–Crippen MR) is 151 cm³/mol. The average molecular weight is 491 g/mol. The molecule has 0 aliphatic carbocycles. The molecule has 0 aliphatic rings. The smallest absolute Gasteiger partial charge is 0.156 e. The standard InChI is InChI=1S/C33H34N2O2/c1-2-30(36)14-4-3-5-15-32(37-31-19-18-26-11-7-9-13-28(26)22-31)33-34-23-29(35-33)21-24-16-17-25-10-6-8-12-27(25)20-24/h6-13,16-20,22-23,32H,2-5,14-15,21H2,1H3,(H,34,35). The number of rotatable bonds is 12. The molecule has 37 heavy (non-hydrogen) atoms. The van der Waals surface area contributed by atoms with Crippen molar-refractivity contribution in [3.63, 3.8) is 0 Å². The fourth-order valence-electron chi connectivity index (χ4n) is 4.86. The highest BCUT2D eigenvalue weighted by atomic mass is 16.5. The van der Waals surface area contributed by atoms with Gasteiger partial charge >= 0.3 is 0 Å². The summed E-state index contributed by atoms with van der Waals surface area (Å²) in [6.07, 6.45) is 7.61. The van der Waals surface area contributed by atoms with E-state index in [0.29, 0.717) is 18.6 Å². The highest BCUT2D eigenvalue weighted by molar-refractivity contribution is 5.84. The molecule has 4 aromatic carbocycles. The molecule has 4 heteroatoms. The Balaban J connectivity index is 1.31. The van der Waals surface area contributed by atoms with E-state index in [4.69, 9.17) is 9.72 Å². The highest BCUT2D eigenvalue weighted by Crippen LogP contribution is 2.28. The monoisotopic (exact) mass is 490 g/mol. The number of unbranched alkanes of at least 4 members (excludes halogenated alkanes) is 2. The van der Waals surface area contributed by atoms with Crippen LogP contribution in [0.5, 0.6) is 5.75 Å².